The number of furan rings is 1. The molecule has 0 bridgehead atoms. The van der Waals surface area contributed by atoms with Crippen LogP contribution in [0.2, 0.25) is 0 Å². The van der Waals surface area contributed by atoms with Gasteiger partial charge in [0, 0.05) is 6.04 Å². The van der Waals surface area contributed by atoms with Crippen molar-refractivity contribution in [1.82, 2.24) is 10.6 Å². The summed E-state index contributed by atoms with van der Waals surface area (Å²) in [6.07, 6.45) is 2.62. The van der Waals surface area contributed by atoms with Crippen molar-refractivity contribution in [2.24, 2.45) is 0 Å². The molecule has 0 aliphatic heterocycles. The molecule has 0 aliphatic rings. The second kappa shape index (κ2) is 6.24. The van der Waals surface area contributed by atoms with E-state index in [2.05, 4.69) is 24.5 Å². The molecule has 1 aromatic heterocycles. The molecule has 1 rings (SSSR count). The summed E-state index contributed by atoms with van der Waals surface area (Å²) >= 11 is 0. The van der Waals surface area contributed by atoms with Gasteiger partial charge in [0.25, 0.3) is 0 Å². The van der Waals surface area contributed by atoms with E-state index < -0.39 is 0 Å². The standard InChI is InChI=1S/C11H18N2O2/c1-3-9(2)12-8-11(14)13-7-10-5-4-6-15-10/h4-6,9,12H,3,7-8H2,1-2H3,(H,13,14). The summed E-state index contributed by atoms with van der Waals surface area (Å²) in [6, 6.07) is 4.01. The smallest absolute Gasteiger partial charge is 0.234 e. The number of rotatable bonds is 6. The second-order valence-corrected chi connectivity index (χ2v) is 3.55. The first-order chi connectivity index (χ1) is 7.22. The highest BCUT2D eigenvalue weighted by molar-refractivity contribution is 5.77. The Labute approximate surface area is 90.0 Å². The van der Waals surface area contributed by atoms with Crippen molar-refractivity contribution in [2.45, 2.75) is 32.9 Å². The molecule has 0 saturated heterocycles. The van der Waals surface area contributed by atoms with Crippen LogP contribution in [0.3, 0.4) is 0 Å². The van der Waals surface area contributed by atoms with Crippen LogP contribution in [0.5, 0.6) is 0 Å². The maximum Gasteiger partial charge on any atom is 0.234 e. The van der Waals surface area contributed by atoms with Gasteiger partial charge in [0.2, 0.25) is 5.91 Å². The van der Waals surface area contributed by atoms with Gasteiger partial charge in [-0.05, 0) is 25.5 Å². The van der Waals surface area contributed by atoms with E-state index in [0.717, 1.165) is 12.2 Å². The summed E-state index contributed by atoms with van der Waals surface area (Å²) in [6.45, 7) is 4.95. The monoisotopic (exact) mass is 210 g/mol. The van der Waals surface area contributed by atoms with Crippen LogP contribution in [-0.2, 0) is 11.3 Å². The predicted molar refractivity (Wildman–Crippen MR) is 58.3 cm³/mol. The highest BCUT2D eigenvalue weighted by atomic mass is 16.3. The van der Waals surface area contributed by atoms with Gasteiger partial charge in [0.1, 0.15) is 5.76 Å². The fourth-order valence-corrected chi connectivity index (χ4v) is 1.07. The molecule has 0 saturated carbocycles. The lowest BCUT2D eigenvalue weighted by Gasteiger charge is -2.10. The maximum absolute atomic E-state index is 11.3. The second-order valence-electron chi connectivity index (χ2n) is 3.55. The Morgan fingerprint density at radius 1 is 1.60 bits per heavy atom. The zero-order chi connectivity index (χ0) is 11.1. The van der Waals surface area contributed by atoms with E-state index in [9.17, 15) is 4.79 Å². The van der Waals surface area contributed by atoms with Crippen molar-refractivity contribution in [3.63, 3.8) is 0 Å². The molecular weight excluding hydrogens is 192 g/mol. The van der Waals surface area contributed by atoms with Gasteiger partial charge in [-0.15, -0.1) is 0 Å². The number of carbonyl (C=O) groups excluding carboxylic acids is 1. The molecule has 1 unspecified atom stereocenters. The summed E-state index contributed by atoms with van der Waals surface area (Å²) in [4.78, 5) is 11.3. The molecular formula is C11H18N2O2. The molecule has 1 heterocycles. The van der Waals surface area contributed by atoms with Crippen LogP contribution in [-0.4, -0.2) is 18.5 Å². The van der Waals surface area contributed by atoms with Crippen LogP contribution in [0.15, 0.2) is 22.8 Å². The SMILES string of the molecule is CCC(C)NCC(=O)NCc1ccco1. The number of carbonyl (C=O) groups is 1. The minimum absolute atomic E-state index is 0.00769. The molecule has 1 amide bonds. The van der Waals surface area contributed by atoms with Gasteiger partial charge in [0.15, 0.2) is 0 Å². The normalized spacial score (nSPS) is 12.4. The number of amides is 1. The molecule has 4 heteroatoms. The van der Waals surface area contributed by atoms with Crippen LogP contribution in [0.25, 0.3) is 0 Å². The third-order valence-electron chi connectivity index (χ3n) is 2.26. The van der Waals surface area contributed by atoms with E-state index in [1.54, 1.807) is 12.3 Å². The van der Waals surface area contributed by atoms with Crippen molar-refractivity contribution in [2.75, 3.05) is 6.54 Å². The van der Waals surface area contributed by atoms with E-state index in [4.69, 9.17) is 4.42 Å². The summed E-state index contributed by atoms with van der Waals surface area (Å²) < 4.78 is 5.10. The molecule has 84 valence electrons. The third kappa shape index (κ3) is 4.65. The van der Waals surface area contributed by atoms with E-state index in [-0.39, 0.29) is 5.91 Å². The van der Waals surface area contributed by atoms with Crippen LogP contribution < -0.4 is 10.6 Å². The summed E-state index contributed by atoms with van der Waals surface area (Å²) in [5.74, 6) is 0.763. The van der Waals surface area contributed by atoms with E-state index >= 15 is 0 Å². The molecule has 2 N–H and O–H groups in total. The maximum atomic E-state index is 11.3. The molecule has 0 fully saturated rings. The third-order valence-corrected chi connectivity index (χ3v) is 2.26. The first-order valence-electron chi connectivity index (χ1n) is 5.24. The Hall–Kier alpha value is -1.29. The van der Waals surface area contributed by atoms with Gasteiger partial charge in [-0.25, -0.2) is 0 Å². The Morgan fingerprint density at radius 3 is 3.00 bits per heavy atom. The minimum atomic E-state index is -0.00769. The Kier molecular flexibility index (Phi) is 4.90. The zero-order valence-electron chi connectivity index (χ0n) is 9.25. The number of hydrogen-bond acceptors (Lipinski definition) is 3. The van der Waals surface area contributed by atoms with Crippen LogP contribution in [0.1, 0.15) is 26.0 Å². The lowest BCUT2D eigenvalue weighted by molar-refractivity contribution is -0.120. The summed E-state index contributed by atoms with van der Waals surface area (Å²) in [5.41, 5.74) is 0. The van der Waals surface area contributed by atoms with Gasteiger partial charge >= 0.3 is 0 Å². The van der Waals surface area contributed by atoms with E-state index in [0.29, 0.717) is 19.1 Å². The minimum Gasteiger partial charge on any atom is -0.467 e. The van der Waals surface area contributed by atoms with Crippen LogP contribution in [0.4, 0.5) is 0 Å². The van der Waals surface area contributed by atoms with Crippen molar-refractivity contribution in [3.05, 3.63) is 24.2 Å². The van der Waals surface area contributed by atoms with Gasteiger partial charge in [-0.2, -0.15) is 0 Å². The molecule has 1 atom stereocenters. The molecule has 0 spiro atoms. The fourth-order valence-electron chi connectivity index (χ4n) is 1.07. The van der Waals surface area contributed by atoms with E-state index in [1.807, 2.05) is 6.07 Å². The molecule has 0 aromatic carbocycles. The number of nitrogens with one attached hydrogen (secondary N) is 2. The van der Waals surface area contributed by atoms with Crippen molar-refractivity contribution < 1.29 is 9.21 Å². The lowest BCUT2D eigenvalue weighted by atomic mass is 10.2. The predicted octanol–water partition coefficient (Wildman–Crippen LogP) is 1.28. The highest BCUT2D eigenvalue weighted by Crippen LogP contribution is 1.98. The lowest BCUT2D eigenvalue weighted by Crippen LogP contribution is -2.37. The van der Waals surface area contributed by atoms with Gasteiger partial charge in [-0.1, -0.05) is 6.92 Å². The van der Waals surface area contributed by atoms with Crippen LogP contribution in [0, 0.1) is 0 Å². The fraction of sp³-hybridized carbons (Fsp3) is 0.545. The largest absolute Gasteiger partial charge is 0.467 e. The van der Waals surface area contributed by atoms with Crippen molar-refractivity contribution in [3.8, 4) is 0 Å². The molecule has 4 nitrogen and oxygen atoms in total. The molecule has 0 radical (unpaired) electrons. The Balaban J connectivity index is 2.14. The molecule has 0 aliphatic carbocycles. The summed E-state index contributed by atoms with van der Waals surface area (Å²) in [5, 5.41) is 5.89. The van der Waals surface area contributed by atoms with Crippen LogP contribution >= 0.6 is 0 Å². The quantitative estimate of drug-likeness (QED) is 0.743. The average molecular weight is 210 g/mol. The summed E-state index contributed by atoms with van der Waals surface area (Å²) in [7, 11) is 0. The van der Waals surface area contributed by atoms with Gasteiger partial charge in [0.05, 0.1) is 19.4 Å². The Morgan fingerprint density at radius 2 is 2.40 bits per heavy atom. The van der Waals surface area contributed by atoms with Crippen molar-refractivity contribution >= 4 is 5.91 Å². The Bertz CT molecular complexity index is 283. The first-order valence-corrected chi connectivity index (χ1v) is 5.24. The topological polar surface area (TPSA) is 54.3 Å². The first kappa shape index (κ1) is 11.8. The van der Waals surface area contributed by atoms with E-state index in [1.165, 1.54) is 0 Å². The number of hydrogen-bond donors (Lipinski definition) is 2. The highest BCUT2D eigenvalue weighted by Gasteiger charge is 2.04. The average Bonchev–Trinajstić information content (AvgIpc) is 2.75. The van der Waals surface area contributed by atoms with Gasteiger partial charge in [-0.3, -0.25) is 4.79 Å². The molecule has 15 heavy (non-hydrogen) atoms. The van der Waals surface area contributed by atoms with Crippen molar-refractivity contribution in [1.29, 1.82) is 0 Å². The zero-order valence-corrected chi connectivity index (χ0v) is 9.25. The van der Waals surface area contributed by atoms with Gasteiger partial charge < -0.3 is 15.1 Å². The molecule has 1 aromatic rings.